The standard InChI is InChI=1S/C11H13ClO3/c1-7-6-9(15-2)11(14)8(10(7)12)4-3-5-13/h5-6,14H,3-4H2,1-2H3. The summed E-state index contributed by atoms with van der Waals surface area (Å²) in [6, 6.07) is 1.67. The van der Waals surface area contributed by atoms with Crippen molar-refractivity contribution in [1.82, 2.24) is 0 Å². The van der Waals surface area contributed by atoms with Crippen LogP contribution in [0.15, 0.2) is 6.07 Å². The first-order valence-corrected chi connectivity index (χ1v) is 4.98. The topological polar surface area (TPSA) is 46.5 Å². The van der Waals surface area contributed by atoms with Crippen LogP contribution in [0.2, 0.25) is 5.02 Å². The van der Waals surface area contributed by atoms with Crippen molar-refractivity contribution >= 4 is 17.9 Å². The number of ether oxygens (including phenoxy) is 1. The molecule has 0 fully saturated rings. The molecule has 0 radical (unpaired) electrons. The lowest BCUT2D eigenvalue weighted by Crippen LogP contribution is -1.94. The smallest absolute Gasteiger partial charge is 0.162 e. The molecule has 0 atom stereocenters. The summed E-state index contributed by atoms with van der Waals surface area (Å²) in [6.45, 7) is 1.83. The Balaban J connectivity index is 3.20. The molecule has 0 aliphatic heterocycles. The van der Waals surface area contributed by atoms with Crippen molar-refractivity contribution in [2.24, 2.45) is 0 Å². The fourth-order valence-electron chi connectivity index (χ4n) is 1.41. The van der Waals surface area contributed by atoms with Crippen LogP contribution in [0, 0.1) is 6.92 Å². The van der Waals surface area contributed by atoms with Gasteiger partial charge in [0.15, 0.2) is 11.5 Å². The van der Waals surface area contributed by atoms with Crippen LogP contribution in [0.25, 0.3) is 0 Å². The highest BCUT2D eigenvalue weighted by Crippen LogP contribution is 2.37. The van der Waals surface area contributed by atoms with Gasteiger partial charge < -0.3 is 14.6 Å². The zero-order chi connectivity index (χ0) is 11.4. The van der Waals surface area contributed by atoms with Crippen LogP contribution in [0.1, 0.15) is 17.5 Å². The monoisotopic (exact) mass is 228 g/mol. The molecule has 4 heteroatoms. The number of halogens is 1. The summed E-state index contributed by atoms with van der Waals surface area (Å²) < 4.78 is 5.00. The fourth-order valence-corrected chi connectivity index (χ4v) is 1.64. The highest BCUT2D eigenvalue weighted by molar-refractivity contribution is 6.32. The largest absolute Gasteiger partial charge is 0.504 e. The molecule has 0 aromatic heterocycles. The SMILES string of the molecule is COc1cc(C)c(Cl)c(CCC=O)c1O. The van der Waals surface area contributed by atoms with E-state index in [1.54, 1.807) is 6.07 Å². The lowest BCUT2D eigenvalue weighted by atomic mass is 10.0. The number of aryl methyl sites for hydroxylation is 1. The van der Waals surface area contributed by atoms with E-state index in [0.29, 0.717) is 29.2 Å². The van der Waals surface area contributed by atoms with Gasteiger partial charge >= 0.3 is 0 Å². The number of hydrogen-bond donors (Lipinski definition) is 1. The molecule has 0 unspecified atom stereocenters. The number of methoxy groups -OCH3 is 1. The minimum Gasteiger partial charge on any atom is -0.504 e. The number of benzene rings is 1. The van der Waals surface area contributed by atoms with E-state index in [9.17, 15) is 9.90 Å². The van der Waals surface area contributed by atoms with E-state index in [1.165, 1.54) is 7.11 Å². The summed E-state index contributed by atoms with van der Waals surface area (Å²) >= 11 is 6.03. The predicted molar refractivity (Wildman–Crippen MR) is 58.8 cm³/mol. The highest BCUT2D eigenvalue weighted by Gasteiger charge is 2.14. The molecule has 3 nitrogen and oxygen atoms in total. The fraction of sp³-hybridized carbons (Fsp3) is 0.364. The van der Waals surface area contributed by atoms with E-state index < -0.39 is 0 Å². The quantitative estimate of drug-likeness (QED) is 0.806. The van der Waals surface area contributed by atoms with Crippen molar-refractivity contribution in [2.45, 2.75) is 19.8 Å². The van der Waals surface area contributed by atoms with Gasteiger partial charge in [-0.15, -0.1) is 0 Å². The summed E-state index contributed by atoms with van der Waals surface area (Å²) in [5, 5.41) is 10.3. The van der Waals surface area contributed by atoms with Crippen molar-refractivity contribution in [2.75, 3.05) is 7.11 Å². The molecule has 0 aliphatic carbocycles. The van der Waals surface area contributed by atoms with E-state index >= 15 is 0 Å². The number of carbonyl (C=O) groups is 1. The molecule has 0 saturated heterocycles. The Kier molecular flexibility index (Phi) is 3.97. The Labute approximate surface area is 93.6 Å². The summed E-state index contributed by atoms with van der Waals surface area (Å²) in [5.41, 5.74) is 1.40. The zero-order valence-electron chi connectivity index (χ0n) is 8.71. The zero-order valence-corrected chi connectivity index (χ0v) is 9.47. The number of hydrogen-bond acceptors (Lipinski definition) is 3. The lowest BCUT2D eigenvalue weighted by Gasteiger charge is -2.12. The minimum atomic E-state index is 0.0231. The van der Waals surface area contributed by atoms with Gasteiger partial charge in [-0.25, -0.2) is 0 Å². The first kappa shape index (κ1) is 11.9. The molecule has 1 aromatic carbocycles. The van der Waals surface area contributed by atoms with Crippen molar-refractivity contribution in [3.8, 4) is 11.5 Å². The van der Waals surface area contributed by atoms with E-state index in [-0.39, 0.29) is 5.75 Å². The molecule has 1 rings (SSSR count). The number of aldehydes is 1. The number of phenolic OH excluding ortho intramolecular Hbond substituents is 1. The molecule has 0 bridgehead atoms. The molecule has 0 saturated carbocycles. The summed E-state index contributed by atoms with van der Waals surface area (Å²) in [5.74, 6) is 0.410. The van der Waals surface area contributed by atoms with E-state index in [1.807, 2.05) is 6.92 Å². The van der Waals surface area contributed by atoms with Gasteiger partial charge in [-0.3, -0.25) is 0 Å². The second-order valence-corrected chi connectivity index (χ2v) is 3.62. The minimum absolute atomic E-state index is 0.0231. The molecule has 0 heterocycles. The lowest BCUT2D eigenvalue weighted by molar-refractivity contribution is -0.107. The Hall–Kier alpha value is -1.22. The number of aromatic hydroxyl groups is 1. The maximum Gasteiger partial charge on any atom is 0.162 e. The average molecular weight is 229 g/mol. The molecule has 1 aromatic rings. The Morgan fingerprint density at radius 3 is 2.80 bits per heavy atom. The van der Waals surface area contributed by atoms with Gasteiger partial charge in [-0.05, 0) is 25.0 Å². The van der Waals surface area contributed by atoms with Crippen LogP contribution in [-0.2, 0) is 11.2 Å². The van der Waals surface area contributed by atoms with Crippen LogP contribution in [0.5, 0.6) is 11.5 Å². The Morgan fingerprint density at radius 1 is 1.60 bits per heavy atom. The van der Waals surface area contributed by atoms with Gasteiger partial charge in [0.05, 0.1) is 12.1 Å². The summed E-state index contributed by atoms with van der Waals surface area (Å²) in [7, 11) is 1.48. The molecule has 0 aliphatic rings. The van der Waals surface area contributed by atoms with Gasteiger partial charge in [0.2, 0.25) is 0 Å². The van der Waals surface area contributed by atoms with Gasteiger partial charge in [-0.1, -0.05) is 11.6 Å². The second kappa shape index (κ2) is 5.03. The molecule has 0 amide bonds. The normalized spacial score (nSPS) is 10.1. The van der Waals surface area contributed by atoms with Gasteiger partial charge in [0.1, 0.15) is 6.29 Å². The number of carbonyl (C=O) groups excluding carboxylic acids is 1. The third-order valence-corrected chi connectivity index (χ3v) is 2.74. The van der Waals surface area contributed by atoms with Crippen LogP contribution in [0.3, 0.4) is 0 Å². The number of rotatable bonds is 4. The second-order valence-electron chi connectivity index (χ2n) is 3.24. The maximum absolute atomic E-state index is 10.3. The van der Waals surface area contributed by atoms with Gasteiger partial charge in [0, 0.05) is 12.0 Å². The first-order chi connectivity index (χ1) is 7.11. The van der Waals surface area contributed by atoms with Gasteiger partial charge in [0.25, 0.3) is 0 Å². The Morgan fingerprint density at radius 2 is 2.27 bits per heavy atom. The molecular weight excluding hydrogens is 216 g/mol. The number of phenols is 1. The van der Waals surface area contributed by atoms with Gasteiger partial charge in [-0.2, -0.15) is 0 Å². The highest BCUT2D eigenvalue weighted by atomic mass is 35.5. The van der Waals surface area contributed by atoms with Crippen LogP contribution in [-0.4, -0.2) is 18.5 Å². The third-order valence-electron chi connectivity index (χ3n) is 2.21. The van der Waals surface area contributed by atoms with Crippen LogP contribution in [0.4, 0.5) is 0 Å². The maximum atomic E-state index is 10.3. The van der Waals surface area contributed by atoms with Crippen molar-refractivity contribution < 1.29 is 14.6 Å². The van der Waals surface area contributed by atoms with Crippen LogP contribution >= 0.6 is 11.6 Å². The Bertz CT molecular complexity index is 375. The third kappa shape index (κ3) is 2.42. The van der Waals surface area contributed by atoms with Crippen molar-refractivity contribution in [3.05, 3.63) is 22.2 Å². The molecule has 82 valence electrons. The van der Waals surface area contributed by atoms with Crippen molar-refractivity contribution in [1.29, 1.82) is 0 Å². The van der Waals surface area contributed by atoms with E-state index in [2.05, 4.69) is 0 Å². The van der Waals surface area contributed by atoms with Crippen molar-refractivity contribution in [3.63, 3.8) is 0 Å². The molecule has 1 N–H and O–H groups in total. The predicted octanol–water partition coefficient (Wildman–Crippen LogP) is 2.49. The molecular formula is C11H13ClO3. The van der Waals surface area contributed by atoms with E-state index in [4.69, 9.17) is 16.3 Å². The summed E-state index contributed by atoms with van der Waals surface area (Å²) in [6.07, 6.45) is 1.55. The average Bonchev–Trinajstić information content (AvgIpc) is 2.23. The van der Waals surface area contributed by atoms with Crippen LogP contribution < -0.4 is 4.74 Å². The summed E-state index contributed by atoms with van der Waals surface area (Å²) in [4.78, 5) is 10.3. The van der Waals surface area contributed by atoms with E-state index in [0.717, 1.165) is 11.8 Å². The first-order valence-electron chi connectivity index (χ1n) is 4.60. The molecule has 15 heavy (non-hydrogen) atoms. The molecule has 0 spiro atoms.